The quantitative estimate of drug-likeness (QED) is 0.647. The Morgan fingerprint density at radius 2 is 2.20 bits per heavy atom. The largest absolute Gasteiger partial charge is 0.462 e. The van der Waals surface area contributed by atoms with E-state index in [2.05, 4.69) is 10.3 Å². The van der Waals surface area contributed by atoms with Crippen molar-refractivity contribution >= 4 is 22.6 Å². The maximum absolute atomic E-state index is 11.6. The topological polar surface area (TPSA) is 60.5 Å². The smallest absolute Gasteiger partial charge is 0.339 e. The number of fused-ring (bicyclic) bond motifs is 1. The molecule has 20 heavy (non-hydrogen) atoms. The molecule has 1 heterocycles. The Hall–Kier alpha value is -2.14. The highest BCUT2D eigenvalue weighted by Crippen LogP contribution is 2.18. The van der Waals surface area contributed by atoms with Crippen molar-refractivity contribution in [2.75, 3.05) is 32.2 Å². The fourth-order valence-electron chi connectivity index (χ4n) is 1.85. The van der Waals surface area contributed by atoms with Gasteiger partial charge in [-0.3, -0.25) is 4.98 Å². The Bertz CT molecular complexity index is 599. The molecule has 0 saturated heterocycles. The number of nitrogens with one attached hydrogen (secondary N) is 1. The van der Waals surface area contributed by atoms with Crippen LogP contribution in [0.1, 0.15) is 17.3 Å². The molecule has 2 rings (SSSR count). The molecule has 5 heteroatoms. The second-order valence-electron chi connectivity index (χ2n) is 4.27. The molecule has 0 unspecified atom stereocenters. The van der Waals surface area contributed by atoms with Gasteiger partial charge in [-0.25, -0.2) is 4.79 Å². The second kappa shape index (κ2) is 6.86. The lowest BCUT2D eigenvalue weighted by atomic mass is 10.1. The van der Waals surface area contributed by atoms with E-state index in [1.54, 1.807) is 26.3 Å². The van der Waals surface area contributed by atoms with E-state index in [-0.39, 0.29) is 5.97 Å². The molecule has 2 aromatic rings. The van der Waals surface area contributed by atoms with Crippen LogP contribution >= 0.6 is 0 Å². The van der Waals surface area contributed by atoms with E-state index in [1.807, 2.05) is 18.2 Å². The van der Waals surface area contributed by atoms with Crippen molar-refractivity contribution in [2.24, 2.45) is 0 Å². The van der Waals surface area contributed by atoms with Crippen molar-refractivity contribution in [3.8, 4) is 0 Å². The summed E-state index contributed by atoms with van der Waals surface area (Å²) in [5.41, 5.74) is 2.28. The molecule has 5 nitrogen and oxygen atoms in total. The van der Waals surface area contributed by atoms with E-state index >= 15 is 0 Å². The number of pyridine rings is 1. The predicted molar refractivity (Wildman–Crippen MR) is 78.1 cm³/mol. The normalized spacial score (nSPS) is 10.5. The molecule has 0 amide bonds. The van der Waals surface area contributed by atoms with Crippen LogP contribution < -0.4 is 5.32 Å². The van der Waals surface area contributed by atoms with Gasteiger partial charge in [0.25, 0.3) is 0 Å². The molecular weight excluding hydrogens is 256 g/mol. The van der Waals surface area contributed by atoms with Gasteiger partial charge in [-0.2, -0.15) is 0 Å². The Labute approximate surface area is 117 Å². The zero-order valence-electron chi connectivity index (χ0n) is 11.7. The minimum absolute atomic E-state index is 0.343. The monoisotopic (exact) mass is 274 g/mol. The first-order chi connectivity index (χ1) is 9.74. The van der Waals surface area contributed by atoms with Gasteiger partial charge in [-0.1, -0.05) is 6.07 Å². The summed E-state index contributed by atoms with van der Waals surface area (Å²) >= 11 is 0. The highest BCUT2D eigenvalue weighted by atomic mass is 16.5. The van der Waals surface area contributed by atoms with Gasteiger partial charge < -0.3 is 14.8 Å². The van der Waals surface area contributed by atoms with Crippen molar-refractivity contribution in [1.29, 1.82) is 0 Å². The number of rotatable bonds is 6. The highest BCUT2D eigenvalue weighted by molar-refractivity contribution is 5.94. The average Bonchev–Trinajstić information content (AvgIpc) is 2.47. The molecule has 0 aliphatic heterocycles. The van der Waals surface area contributed by atoms with Gasteiger partial charge in [0.15, 0.2) is 0 Å². The number of anilines is 1. The number of aromatic nitrogens is 1. The number of carbonyl (C=O) groups is 1. The lowest BCUT2D eigenvalue weighted by Crippen LogP contribution is -2.07. The van der Waals surface area contributed by atoms with Crippen molar-refractivity contribution in [3.05, 3.63) is 36.0 Å². The van der Waals surface area contributed by atoms with Gasteiger partial charge in [-0.05, 0) is 25.1 Å². The first kappa shape index (κ1) is 14.3. The lowest BCUT2D eigenvalue weighted by Gasteiger charge is -2.07. The fourth-order valence-corrected chi connectivity index (χ4v) is 1.85. The molecule has 106 valence electrons. The third-order valence-electron chi connectivity index (χ3n) is 2.83. The molecular formula is C15H18N2O3. The number of ether oxygens (including phenoxy) is 2. The fraction of sp³-hybridized carbons (Fsp3) is 0.333. The molecule has 1 aromatic carbocycles. The molecule has 0 spiro atoms. The van der Waals surface area contributed by atoms with Crippen LogP contribution in [0.4, 0.5) is 5.69 Å². The minimum atomic E-state index is -0.343. The average molecular weight is 274 g/mol. The SMILES string of the molecule is CCOC(=O)c1cnc2cc(NCCOC)ccc2c1. The maximum Gasteiger partial charge on any atom is 0.339 e. The van der Waals surface area contributed by atoms with Gasteiger partial charge in [0.05, 0.1) is 24.3 Å². The third-order valence-corrected chi connectivity index (χ3v) is 2.83. The molecule has 1 aromatic heterocycles. The van der Waals surface area contributed by atoms with Crippen molar-refractivity contribution in [1.82, 2.24) is 4.98 Å². The molecule has 1 N–H and O–H groups in total. The van der Waals surface area contributed by atoms with Crippen LogP contribution in [0.25, 0.3) is 10.9 Å². The summed E-state index contributed by atoms with van der Waals surface area (Å²) in [6.07, 6.45) is 1.54. The summed E-state index contributed by atoms with van der Waals surface area (Å²) in [7, 11) is 1.67. The van der Waals surface area contributed by atoms with Gasteiger partial charge in [0.2, 0.25) is 0 Å². The zero-order valence-corrected chi connectivity index (χ0v) is 11.7. The van der Waals surface area contributed by atoms with Crippen LogP contribution in [-0.2, 0) is 9.47 Å². The highest BCUT2D eigenvalue weighted by Gasteiger charge is 2.08. The zero-order chi connectivity index (χ0) is 14.4. The number of esters is 1. The van der Waals surface area contributed by atoms with Crippen LogP contribution in [0.5, 0.6) is 0 Å². The summed E-state index contributed by atoms with van der Waals surface area (Å²) in [4.78, 5) is 15.9. The van der Waals surface area contributed by atoms with Crippen molar-refractivity contribution < 1.29 is 14.3 Å². The Kier molecular flexibility index (Phi) is 4.90. The number of nitrogens with zero attached hydrogens (tertiary/aromatic N) is 1. The van der Waals surface area contributed by atoms with E-state index in [9.17, 15) is 4.79 Å². The number of carbonyl (C=O) groups excluding carboxylic acids is 1. The van der Waals surface area contributed by atoms with E-state index in [4.69, 9.17) is 9.47 Å². The Balaban J connectivity index is 2.18. The minimum Gasteiger partial charge on any atom is -0.462 e. The molecule has 0 bridgehead atoms. The van der Waals surface area contributed by atoms with Crippen LogP contribution in [-0.4, -0.2) is 37.8 Å². The van der Waals surface area contributed by atoms with Crippen LogP contribution in [0, 0.1) is 0 Å². The Morgan fingerprint density at radius 1 is 1.35 bits per heavy atom. The van der Waals surface area contributed by atoms with Crippen molar-refractivity contribution in [2.45, 2.75) is 6.92 Å². The van der Waals surface area contributed by atoms with E-state index in [0.29, 0.717) is 18.8 Å². The summed E-state index contributed by atoms with van der Waals surface area (Å²) in [6.45, 7) is 3.53. The van der Waals surface area contributed by atoms with Gasteiger partial charge in [0, 0.05) is 30.9 Å². The first-order valence-corrected chi connectivity index (χ1v) is 6.54. The summed E-state index contributed by atoms with van der Waals surface area (Å²) in [6, 6.07) is 7.62. The van der Waals surface area contributed by atoms with Gasteiger partial charge in [-0.15, -0.1) is 0 Å². The molecule has 0 saturated carbocycles. The molecule has 0 aliphatic carbocycles. The van der Waals surface area contributed by atoms with Crippen LogP contribution in [0.15, 0.2) is 30.5 Å². The van der Waals surface area contributed by atoms with E-state index < -0.39 is 0 Å². The third kappa shape index (κ3) is 3.45. The van der Waals surface area contributed by atoms with Crippen LogP contribution in [0.3, 0.4) is 0 Å². The number of hydrogen-bond acceptors (Lipinski definition) is 5. The first-order valence-electron chi connectivity index (χ1n) is 6.54. The Morgan fingerprint density at radius 3 is 2.95 bits per heavy atom. The van der Waals surface area contributed by atoms with Crippen LogP contribution in [0.2, 0.25) is 0 Å². The second-order valence-corrected chi connectivity index (χ2v) is 4.27. The lowest BCUT2D eigenvalue weighted by molar-refractivity contribution is 0.0526. The number of methoxy groups -OCH3 is 1. The van der Waals surface area contributed by atoms with Crippen molar-refractivity contribution in [3.63, 3.8) is 0 Å². The predicted octanol–water partition coefficient (Wildman–Crippen LogP) is 2.47. The molecule has 0 fully saturated rings. The molecule has 0 radical (unpaired) electrons. The summed E-state index contributed by atoms with van der Waals surface area (Å²) < 4.78 is 9.95. The summed E-state index contributed by atoms with van der Waals surface area (Å²) in [5, 5.41) is 4.15. The van der Waals surface area contributed by atoms with Gasteiger partial charge in [0.1, 0.15) is 0 Å². The number of hydrogen-bond donors (Lipinski definition) is 1. The molecule has 0 aliphatic rings. The van der Waals surface area contributed by atoms with E-state index in [0.717, 1.165) is 23.1 Å². The number of benzene rings is 1. The standard InChI is InChI=1S/C15H18N2O3/c1-3-20-15(18)12-8-11-4-5-13(16-6-7-19-2)9-14(11)17-10-12/h4-5,8-10,16H,3,6-7H2,1-2H3. The molecule has 0 atom stereocenters. The maximum atomic E-state index is 11.6. The van der Waals surface area contributed by atoms with E-state index in [1.165, 1.54) is 0 Å². The van der Waals surface area contributed by atoms with Gasteiger partial charge >= 0.3 is 5.97 Å². The summed E-state index contributed by atoms with van der Waals surface area (Å²) in [5.74, 6) is -0.343.